The molecule has 0 aromatic heterocycles. The van der Waals surface area contributed by atoms with Gasteiger partial charge in [0.2, 0.25) is 0 Å². The lowest BCUT2D eigenvalue weighted by molar-refractivity contribution is 0.0899. The fourth-order valence-corrected chi connectivity index (χ4v) is 2.49. The Hall–Kier alpha value is -0.710. The van der Waals surface area contributed by atoms with E-state index in [4.69, 9.17) is 4.74 Å². The number of hydrogen-bond donors (Lipinski definition) is 0. The molecule has 0 N–H and O–H groups in total. The first-order valence-electron chi connectivity index (χ1n) is 5.73. The lowest BCUT2D eigenvalue weighted by atomic mass is 10.1. The largest absolute Gasteiger partial charge is 0.380 e. The number of carbonyl (C=O) groups is 1. The number of hydrogen-bond acceptors (Lipinski definition) is 3. The van der Waals surface area contributed by atoms with Crippen LogP contribution in [-0.2, 0) is 4.74 Å². The van der Waals surface area contributed by atoms with Gasteiger partial charge in [-0.15, -0.1) is 0 Å². The number of methoxy groups -OCH3 is 1. The van der Waals surface area contributed by atoms with Crippen LogP contribution < -0.4 is 0 Å². The summed E-state index contributed by atoms with van der Waals surface area (Å²) in [7, 11) is 1.73. The number of nitrogens with zero attached hydrogens (tertiary/aromatic N) is 1. The van der Waals surface area contributed by atoms with E-state index in [1.165, 1.54) is 0 Å². The van der Waals surface area contributed by atoms with Crippen LogP contribution in [0, 0.1) is 0 Å². The molecule has 1 unspecified atom stereocenters. The van der Waals surface area contributed by atoms with Gasteiger partial charge in [0.05, 0.1) is 12.6 Å². The van der Waals surface area contributed by atoms with E-state index < -0.39 is 0 Å². The molecule has 1 heterocycles. The molecule has 1 saturated heterocycles. The summed E-state index contributed by atoms with van der Waals surface area (Å²) in [4.78, 5) is 14.2. The van der Waals surface area contributed by atoms with Crippen molar-refractivity contribution in [2.75, 3.05) is 26.7 Å². The highest BCUT2D eigenvalue weighted by Gasteiger charge is 2.23. The van der Waals surface area contributed by atoms with Crippen LogP contribution in [0.1, 0.15) is 16.8 Å². The van der Waals surface area contributed by atoms with Gasteiger partial charge in [-0.25, -0.2) is 0 Å². The van der Waals surface area contributed by atoms with E-state index in [0.29, 0.717) is 6.54 Å². The van der Waals surface area contributed by atoms with Crippen molar-refractivity contribution in [3.05, 3.63) is 34.3 Å². The van der Waals surface area contributed by atoms with Crippen molar-refractivity contribution in [2.45, 2.75) is 12.5 Å². The fraction of sp³-hybridized carbons (Fsp3) is 0.462. The summed E-state index contributed by atoms with van der Waals surface area (Å²) in [5.74, 6) is 0.169. The fourth-order valence-electron chi connectivity index (χ4n) is 2.09. The number of carbonyl (C=O) groups excluding carboxylic acids is 1. The molecule has 0 saturated carbocycles. The molecule has 0 spiro atoms. The maximum absolute atomic E-state index is 12.0. The summed E-state index contributed by atoms with van der Waals surface area (Å²) in [6.07, 6.45) is 1.30. The summed E-state index contributed by atoms with van der Waals surface area (Å²) in [5, 5.41) is 0. The van der Waals surface area contributed by atoms with Gasteiger partial charge in [0.1, 0.15) is 0 Å². The molecule has 92 valence electrons. The number of rotatable bonds is 4. The summed E-state index contributed by atoms with van der Waals surface area (Å²) in [6.45, 7) is 2.28. The van der Waals surface area contributed by atoms with Crippen LogP contribution >= 0.6 is 15.9 Å². The van der Waals surface area contributed by atoms with Gasteiger partial charge in [0.25, 0.3) is 0 Å². The van der Waals surface area contributed by atoms with E-state index in [2.05, 4.69) is 20.8 Å². The van der Waals surface area contributed by atoms with E-state index >= 15 is 0 Å². The van der Waals surface area contributed by atoms with Gasteiger partial charge in [-0.1, -0.05) is 28.1 Å². The maximum atomic E-state index is 12.0. The first kappa shape index (κ1) is 12.7. The van der Waals surface area contributed by atoms with Crippen LogP contribution in [0.15, 0.2) is 28.7 Å². The number of benzene rings is 1. The van der Waals surface area contributed by atoms with Crippen LogP contribution in [0.5, 0.6) is 0 Å². The molecule has 1 aliphatic rings. The number of likely N-dealkylation sites (tertiary alicyclic amines) is 1. The van der Waals surface area contributed by atoms with Gasteiger partial charge in [0, 0.05) is 30.2 Å². The van der Waals surface area contributed by atoms with Crippen molar-refractivity contribution >= 4 is 21.7 Å². The summed E-state index contributed by atoms with van der Waals surface area (Å²) in [5.41, 5.74) is 0.764. The Morgan fingerprint density at radius 2 is 2.41 bits per heavy atom. The highest BCUT2D eigenvalue weighted by atomic mass is 79.9. The van der Waals surface area contributed by atoms with Gasteiger partial charge < -0.3 is 4.74 Å². The molecule has 17 heavy (non-hydrogen) atoms. The number of Topliss-reactive ketones (excluding diaryl/α,β-unsaturated/α-hetero) is 1. The molecule has 0 bridgehead atoms. The van der Waals surface area contributed by atoms with E-state index in [0.717, 1.165) is 29.5 Å². The zero-order valence-corrected chi connectivity index (χ0v) is 11.4. The van der Waals surface area contributed by atoms with Crippen LogP contribution in [0.4, 0.5) is 0 Å². The lowest BCUT2D eigenvalue weighted by Gasteiger charge is -2.14. The summed E-state index contributed by atoms with van der Waals surface area (Å²) in [6, 6.07) is 7.54. The predicted octanol–water partition coefficient (Wildman–Crippen LogP) is 2.35. The number of halogens is 1. The molecule has 1 aliphatic heterocycles. The average Bonchev–Trinajstić information content (AvgIpc) is 2.77. The molecule has 1 aromatic rings. The second-order valence-electron chi connectivity index (χ2n) is 4.32. The monoisotopic (exact) mass is 297 g/mol. The topological polar surface area (TPSA) is 29.5 Å². The first-order chi connectivity index (χ1) is 8.19. The molecule has 2 rings (SSSR count). The Morgan fingerprint density at radius 3 is 3.06 bits per heavy atom. The van der Waals surface area contributed by atoms with Crippen molar-refractivity contribution in [1.82, 2.24) is 4.90 Å². The van der Waals surface area contributed by atoms with E-state index in [1.54, 1.807) is 7.11 Å². The van der Waals surface area contributed by atoms with E-state index in [9.17, 15) is 4.79 Å². The minimum absolute atomic E-state index is 0.169. The third-order valence-corrected chi connectivity index (χ3v) is 3.57. The standard InChI is InChI=1S/C13H16BrNO2/c1-17-12-5-6-15(8-12)9-13(16)10-3-2-4-11(14)7-10/h2-4,7,12H,5-6,8-9H2,1H3. The van der Waals surface area contributed by atoms with E-state index in [1.807, 2.05) is 24.3 Å². The smallest absolute Gasteiger partial charge is 0.176 e. The Morgan fingerprint density at radius 1 is 1.59 bits per heavy atom. The van der Waals surface area contributed by atoms with Crippen molar-refractivity contribution in [2.24, 2.45) is 0 Å². The molecule has 0 radical (unpaired) electrons. The van der Waals surface area contributed by atoms with Crippen molar-refractivity contribution < 1.29 is 9.53 Å². The first-order valence-corrected chi connectivity index (χ1v) is 6.52. The van der Waals surface area contributed by atoms with Crippen LogP contribution in [-0.4, -0.2) is 43.5 Å². The predicted molar refractivity (Wildman–Crippen MR) is 70.3 cm³/mol. The summed E-state index contributed by atoms with van der Waals surface area (Å²) < 4.78 is 6.23. The van der Waals surface area contributed by atoms with Crippen molar-refractivity contribution in [3.8, 4) is 0 Å². The Balaban J connectivity index is 1.94. The molecule has 4 heteroatoms. The molecule has 3 nitrogen and oxygen atoms in total. The third kappa shape index (κ3) is 3.37. The minimum Gasteiger partial charge on any atom is -0.380 e. The third-order valence-electron chi connectivity index (χ3n) is 3.08. The molecule has 1 fully saturated rings. The highest BCUT2D eigenvalue weighted by Crippen LogP contribution is 2.15. The minimum atomic E-state index is 0.169. The quantitative estimate of drug-likeness (QED) is 0.799. The molecular weight excluding hydrogens is 282 g/mol. The van der Waals surface area contributed by atoms with Gasteiger partial charge in [-0.05, 0) is 18.6 Å². The summed E-state index contributed by atoms with van der Waals surface area (Å²) >= 11 is 3.38. The Kier molecular flexibility index (Phi) is 4.31. The van der Waals surface area contributed by atoms with Gasteiger partial charge in [-0.3, -0.25) is 9.69 Å². The van der Waals surface area contributed by atoms with Crippen LogP contribution in [0.2, 0.25) is 0 Å². The van der Waals surface area contributed by atoms with Crippen LogP contribution in [0.3, 0.4) is 0 Å². The Labute approximate surface area is 110 Å². The zero-order chi connectivity index (χ0) is 12.3. The molecule has 1 aromatic carbocycles. The normalized spacial score (nSPS) is 20.7. The average molecular weight is 298 g/mol. The van der Waals surface area contributed by atoms with Gasteiger partial charge in [0.15, 0.2) is 5.78 Å². The lowest BCUT2D eigenvalue weighted by Crippen LogP contribution is -2.29. The zero-order valence-electron chi connectivity index (χ0n) is 9.86. The molecule has 0 aliphatic carbocycles. The molecule has 1 atom stereocenters. The second-order valence-corrected chi connectivity index (χ2v) is 5.23. The van der Waals surface area contributed by atoms with Gasteiger partial charge in [-0.2, -0.15) is 0 Å². The van der Waals surface area contributed by atoms with E-state index in [-0.39, 0.29) is 11.9 Å². The SMILES string of the molecule is COC1CCN(CC(=O)c2cccc(Br)c2)C1. The highest BCUT2D eigenvalue weighted by molar-refractivity contribution is 9.10. The maximum Gasteiger partial charge on any atom is 0.176 e. The molecular formula is C13H16BrNO2. The van der Waals surface area contributed by atoms with Crippen LogP contribution in [0.25, 0.3) is 0 Å². The van der Waals surface area contributed by atoms with Crippen molar-refractivity contribution in [1.29, 1.82) is 0 Å². The van der Waals surface area contributed by atoms with Gasteiger partial charge >= 0.3 is 0 Å². The number of ether oxygens (including phenoxy) is 1. The number of ketones is 1. The van der Waals surface area contributed by atoms with Crippen molar-refractivity contribution in [3.63, 3.8) is 0 Å². The molecule has 0 amide bonds. The Bertz CT molecular complexity index is 408. The second kappa shape index (κ2) is 5.76.